The van der Waals surface area contributed by atoms with Crippen LogP contribution < -0.4 is 0 Å². The number of aliphatic hydroxyl groups is 1. The Kier molecular flexibility index (Phi) is 4.32. The van der Waals surface area contributed by atoms with E-state index >= 15 is 0 Å². The first-order valence-electron chi connectivity index (χ1n) is 3.43. The normalized spacial score (nSPS) is 11.3. The molecular formula is C8H13NO2. The number of nitrogens with zero attached hydrogens (tertiary/aromatic N) is 1. The third-order valence-electron chi connectivity index (χ3n) is 1.12. The molecule has 62 valence electrons. The van der Waals surface area contributed by atoms with Gasteiger partial charge in [0.25, 0.3) is 5.91 Å². The quantitative estimate of drug-likeness (QED) is 0.563. The zero-order valence-corrected chi connectivity index (χ0v) is 7.09. The molecule has 0 heterocycles. The van der Waals surface area contributed by atoms with Crippen LogP contribution in [-0.4, -0.2) is 35.6 Å². The summed E-state index contributed by atoms with van der Waals surface area (Å²) in [5.74, 6) is 4.62. The van der Waals surface area contributed by atoms with E-state index in [2.05, 4.69) is 11.8 Å². The van der Waals surface area contributed by atoms with Gasteiger partial charge in [-0.3, -0.25) is 4.79 Å². The van der Waals surface area contributed by atoms with Crippen LogP contribution in [0.3, 0.4) is 0 Å². The predicted molar refractivity (Wildman–Crippen MR) is 42.8 cm³/mol. The lowest BCUT2D eigenvalue weighted by Gasteiger charge is -2.14. The van der Waals surface area contributed by atoms with Gasteiger partial charge in [0.15, 0.2) is 0 Å². The molecule has 3 nitrogen and oxygen atoms in total. The summed E-state index contributed by atoms with van der Waals surface area (Å²) >= 11 is 0. The lowest BCUT2D eigenvalue weighted by molar-refractivity contribution is -0.124. The Morgan fingerprint density at radius 1 is 1.73 bits per heavy atom. The smallest absolute Gasteiger partial charge is 0.298 e. The first kappa shape index (κ1) is 9.99. The zero-order chi connectivity index (χ0) is 8.85. The maximum atomic E-state index is 10.9. The van der Waals surface area contributed by atoms with Gasteiger partial charge < -0.3 is 10.0 Å². The highest BCUT2D eigenvalue weighted by molar-refractivity contribution is 5.93. The van der Waals surface area contributed by atoms with Crippen LogP contribution in [0.1, 0.15) is 13.8 Å². The Bertz CT molecular complexity index is 188. The van der Waals surface area contributed by atoms with Crippen molar-refractivity contribution in [2.75, 3.05) is 13.6 Å². The second-order valence-electron chi connectivity index (χ2n) is 2.41. The summed E-state index contributed by atoms with van der Waals surface area (Å²) < 4.78 is 0. The maximum Gasteiger partial charge on any atom is 0.298 e. The van der Waals surface area contributed by atoms with Gasteiger partial charge >= 0.3 is 0 Å². The van der Waals surface area contributed by atoms with Crippen molar-refractivity contribution in [1.82, 2.24) is 4.90 Å². The van der Waals surface area contributed by atoms with E-state index in [1.807, 2.05) is 0 Å². The summed E-state index contributed by atoms with van der Waals surface area (Å²) in [7, 11) is 1.61. The van der Waals surface area contributed by atoms with Gasteiger partial charge in [-0.05, 0) is 19.8 Å². The molecule has 0 aromatic heterocycles. The second-order valence-corrected chi connectivity index (χ2v) is 2.41. The molecule has 0 saturated carbocycles. The fraction of sp³-hybridized carbons (Fsp3) is 0.625. The minimum absolute atomic E-state index is 0.256. The molecule has 0 aliphatic heterocycles. The van der Waals surface area contributed by atoms with Crippen LogP contribution >= 0.6 is 0 Å². The Balaban J connectivity index is 3.89. The third kappa shape index (κ3) is 4.40. The number of aliphatic hydroxyl groups excluding tert-OH is 1. The number of hydrogen-bond donors (Lipinski definition) is 1. The highest BCUT2D eigenvalue weighted by atomic mass is 16.3. The van der Waals surface area contributed by atoms with Crippen molar-refractivity contribution in [3.8, 4) is 11.8 Å². The second kappa shape index (κ2) is 4.75. The van der Waals surface area contributed by atoms with Gasteiger partial charge in [0, 0.05) is 13.6 Å². The van der Waals surface area contributed by atoms with E-state index in [1.54, 1.807) is 20.9 Å². The van der Waals surface area contributed by atoms with Gasteiger partial charge in [0.2, 0.25) is 0 Å². The van der Waals surface area contributed by atoms with Crippen LogP contribution in [0.25, 0.3) is 0 Å². The average molecular weight is 155 g/mol. The fourth-order valence-electron chi connectivity index (χ4n) is 0.682. The molecule has 3 heteroatoms. The SMILES string of the molecule is CC#CC(=O)N(C)CC(C)O. The zero-order valence-electron chi connectivity index (χ0n) is 7.09. The number of likely N-dealkylation sites (N-methyl/N-ethyl adjacent to an activating group) is 1. The van der Waals surface area contributed by atoms with Crippen LogP contribution in [0, 0.1) is 11.8 Å². The van der Waals surface area contributed by atoms with Gasteiger partial charge in [-0.25, -0.2) is 0 Å². The topological polar surface area (TPSA) is 40.5 Å². The molecule has 0 aliphatic rings. The molecule has 0 spiro atoms. The molecule has 1 unspecified atom stereocenters. The number of rotatable bonds is 2. The Hall–Kier alpha value is -1.01. The van der Waals surface area contributed by atoms with E-state index in [-0.39, 0.29) is 5.91 Å². The minimum atomic E-state index is -0.498. The molecule has 0 aromatic carbocycles. The van der Waals surface area contributed by atoms with Gasteiger partial charge in [-0.15, -0.1) is 0 Å². The molecule has 0 radical (unpaired) electrons. The van der Waals surface area contributed by atoms with Crippen molar-refractivity contribution in [3.05, 3.63) is 0 Å². The lowest BCUT2D eigenvalue weighted by Crippen LogP contribution is -2.31. The summed E-state index contributed by atoms with van der Waals surface area (Å²) in [5.41, 5.74) is 0. The average Bonchev–Trinajstić information content (AvgIpc) is 1.86. The molecule has 0 aliphatic carbocycles. The largest absolute Gasteiger partial charge is 0.392 e. The van der Waals surface area contributed by atoms with Crippen molar-refractivity contribution in [2.45, 2.75) is 20.0 Å². The Labute approximate surface area is 67.0 Å². The van der Waals surface area contributed by atoms with E-state index in [9.17, 15) is 4.79 Å². The standard InChI is InChI=1S/C8H13NO2/c1-4-5-8(11)9(3)6-7(2)10/h7,10H,6H2,1-3H3. The summed E-state index contributed by atoms with van der Waals surface area (Å²) in [6, 6.07) is 0. The first-order valence-corrected chi connectivity index (χ1v) is 3.43. The van der Waals surface area contributed by atoms with E-state index in [1.165, 1.54) is 4.90 Å². The summed E-state index contributed by atoms with van der Waals surface area (Å²) in [5, 5.41) is 8.90. The molecule has 0 saturated heterocycles. The van der Waals surface area contributed by atoms with Crippen LogP contribution in [-0.2, 0) is 4.79 Å². The molecule has 0 fully saturated rings. The number of carbonyl (C=O) groups excluding carboxylic acids is 1. The molecule has 1 amide bonds. The van der Waals surface area contributed by atoms with E-state index in [0.717, 1.165) is 0 Å². The molecule has 11 heavy (non-hydrogen) atoms. The Morgan fingerprint density at radius 3 is 2.64 bits per heavy atom. The highest BCUT2D eigenvalue weighted by Crippen LogP contribution is 1.87. The van der Waals surface area contributed by atoms with Crippen LogP contribution in [0.15, 0.2) is 0 Å². The molecule has 0 bridgehead atoms. The molecule has 0 aromatic rings. The van der Waals surface area contributed by atoms with E-state index in [4.69, 9.17) is 5.11 Å². The lowest BCUT2D eigenvalue weighted by atomic mass is 10.3. The monoisotopic (exact) mass is 155 g/mol. The Morgan fingerprint density at radius 2 is 2.27 bits per heavy atom. The van der Waals surface area contributed by atoms with Crippen molar-refractivity contribution in [1.29, 1.82) is 0 Å². The first-order chi connectivity index (χ1) is 5.07. The van der Waals surface area contributed by atoms with Crippen molar-refractivity contribution < 1.29 is 9.90 Å². The summed E-state index contributed by atoms with van der Waals surface area (Å²) in [6.45, 7) is 3.56. The highest BCUT2D eigenvalue weighted by Gasteiger charge is 2.06. The maximum absolute atomic E-state index is 10.9. The van der Waals surface area contributed by atoms with Crippen LogP contribution in [0.2, 0.25) is 0 Å². The van der Waals surface area contributed by atoms with Crippen molar-refractivity contribution in [2.24, 2.45) is 0 Å². The predicted octanol–water partition coefficient (Wildman–Crippen LogP) is -0.151. The van der Waals surface area contributed by atoms with Gasteiger partial charge in [-0.1, -0.05) is 5.92 Å². The molecule has 0 rings (SSSR count). The van der Waals surface area contributed by atoms with Crippen LogP contribution in [0.4, 0.5) is 0 Å². The van der Waals surface area contributed by atoms with Crippen molar-refractivity contribution >= 4 is 5.91 Å². The van der Waals surface area contributed by atoms with Gasteiger partial charge in [0.1, 0.15) is 0 Å². The van der Waals surface area contributed by atoms with E-state index in [0.29, 0.717) is 6.54 Å². The number of carbonyl (C=O) groups is 1. The van der Waals surface area contributed by atoms with Crippen LogP contribution in [0.5, 0.6) is 0 Å². The van der Waals surface area contributed by atoms with Gasteiger partial charge in [-0.2, -0.15) is 0 Å². The number of amides is 1. The van der Waals surface area contributed by atoms with Gasteiger partial charge in [0.05, 0.1) is 6.10 Å². The van der Waals surface area contributed by atoms with Crippen molar-refractivity contribution in [3.63, 3.8) is 0 Å². The minimum Gasteiger partial charge on any atom is -0.392 e. The molecule has 1 atom stereocenters. The fourth-order valence-corrected chi connectivity index (χ4v) is 0.682. The molecular weight excluding hydrogens is 142 g/mol. The third-order valence-corrected chi connectivity index (χ3v) is 1.12. The number of hydrogen-bond acceptors (Lipinski definition) is 2. The molecule has 1 N–H and O–H groups in total. The summed E-state index contributed by atoms with van der Waals surface area (Å²) in [4.78, 5) is 12.3. The summed E-state index contributed by atoms with van der Waals surface area (Å²) in [6.07, 6.45) is -0.498. The van der Waals surface area contributed by atoms with E-state index < -0.39 is 6.10 Å².